The van der Waals surface area contributed by atoms with Crippen LogP contribution >= 0.6 is 15.9 Å². The molecule has 0 spiro atoms. The number of ether oxygens (including phenoxy) is 1. The molecule has 8 nitrogen and oxygen atoms in total. The summed E-state index contributed by atoms with van der Waals surface area (Å²) in [4.78, 5) is 42.2. The smallest absolute Gasteiger partial charge is 0.322 e. The number of methoxy groups -OCH3 is 1. The van der Waals surface area contributed by atoms with Gasteiger partial charge < -0.3 is 25.2 Å². The minimum Gasteiger partial charge on any atom is -0.497 e. The molecule has 1 atom stereocenters. The molecular formula is C25H29BrN4O4. The summed E-state index contributed by atoms with van der Waals surface area (Å²) < 4.78 is 5.94. The highest BCUT2D eigenvalue weighted by atomic mass is 79.9. The van der Waals surface area contributed by atoms with Gasteiger partial charge in [0.1, 0.15) is 11.8 Å². The molecule has 0 bridgehead atoms. The van der Waals surface area contributed by atoms with Gasteiger partial charge in [-0.15, -0.1) is 0 Å². The average molecular weight is 529 g/mol. The first-order valence-corrected chi connectivity index (χ1v) is 12.3. The van der Waals surface area contributed by atoms with Crippen LogP contribution < -0.4 is 15.4 Å². The molecule has 2 N–H and O–H groups in total. The molecule has 2 aliphatic rings. The van der Waals surface area contributed by atoms with E-state index in [0.29, 0.717) is 44.6 Å². The van der Waals surface area contributed by atoms with Crippen LogP contribution in [0.2, 0.25) is 0 Å². The molecule has 2 aromatic carbocycles. The minimum absolute atomic E-state index is 0.0335. The second-order valence-electron chi connectivity index (χ2n) is 8.58. The molecule has 2 heterocycles. The summed E-state index contributed by atoms with van der Waals surface area (Å²) in [7, 11) is 1.60. The molecule has 0 radical (unpaired) electrons. The number of carbonyl (C=O) groups is 3. The first-order valence-electron chi connectivity index (χ1n) is 11.5. The van der Waals surface area contributed by atoms with E-state index < -0.39 is 6.04 Å². The minimum atomic E-state index is -0.466. The third-order valence-corrected chi connectivity index (χ3v) is 7.14. The summed E-state index contributed by atoms with van der Waals surface area (Å²) in [5, 5.41) is 5.85. The van der Waals surface area contributed by atoms with Crippen LogP contribution in [0.1, 0.15) is 25.7 Å². The van der Waals surface area contributed by atoms with Crippen molar-refractivity contribution in [3.05, 3.63) is 53.0 Å². The van der Waals surface area contributed by atoms with E-state index in [9.17, 15) is 14.4 Å². The van der Waals surface area contributed by atoms with Crippen LogP contribution in [0.3, 0.4) is 0 Å². The Morgan fingerprint density at radius 2 is 1.65 bits per heavy atom. The average Bonchev–Trinajstić information content (AvgIpc) is 3.36. The lowest BCUT2D eigenvalue weighted by Gasteiger charge is -2.35. The highest BCUT2D eigenvalue weighted by Gasteiger charge is 2.38. The quantitative estimate of drug-likeness (QED) is 0.604. The molecule has 0 aliphatic carbocycles. The summed E-state index contributed by atoms with van der Waals surface area (Å²) in [6, 6.07) is 13.9. The second kappa shape index (κ2) is 10.9. The molecule has 2 aliphatic heterocycles. The number of anilines is 2. The van der Waals surface area contributed by atoms with Crippen molar-refractivity contribution < 1.29 is 19.1 Å². The molecule has 2 fully saturated rings. The monoisotopic (exact) mass is 528 g/mol. The van der Waals surface area contributed by atoms with Crippen LogP contribution in [0, 0.1) is 5.92 Å². The Labute approximate surface area is 207 Å². The first kappa shape index (κ1) is 24.1. The van der Waals surface area contributed by atoms with Gasteiger partial charge >= 0.3 is 6.03 Å². The van der Waals surface area contributed by atoms with E-state index in [1.807, 2.05) is 36.4 Å². The van der Waals surface area contributed by atoms with E-state index in [0.717, 1.165) is 22.3 Å². The van der Waals surface area contributed by atoms with Crippen LogP contribution in [-0.4, -0.2) is 60.4 Å². The number of nitrogens with zero attached hydrogens (tertiary/aromatic N) is 2. The Kier molecular flexibility index (Phi) is 7.72. The number of carbonyl (C=O) groups excluding carboxylic acids is 3. The van der Waals surface area contributed by atoms with Crippen LogP contribution in [0.4, 0.5) is 16.2 Å². The van der Waals surface area contributed by atoms with Crippen LogP contribution in [0.15, 0.2) is 53.0 Å². The van der Waals surface area contributed by atoms with E-state index in [1.165, 1.54) is 0 Å². The van der Waals surface area contributed by atoms with E-state index in [1.54, 1.807) is 29.0 Å². The van der Waals surface area contributed by atoms with Crippen molar-refractivity contribution >= 4 is 45.2 Å². The highest BCUT2D eigenvalue weighted by molar-refractivity contribution is 9.10. The SMILES string of the molecule is COc1ccc(NC(=O)C2CCN(C(=O)[C@@H]3CCCN3C(=O)Nc3ccccc3Br)CC2)cc1. The standard InChI is InChI=1S/C25H29BrN4O4/c1-34-19-10-8-18(9-11-19)27-23(31)17-12-15-29(16-13-17)24(32)22-7-4-14-30(22)25(33)28-21-6-3-2-5-20(21)26/h2-3,5-6,8-11,17,22H,4,7,12-16H2,1H3,(H,27,31)(H,28,33)/t22-/m0/s1. The maximum absolute atomic E-state index is 13.2. The Bertz CT molecular complexity index is 1040. The second-order valence-corrected chi connectivity index (χ2v) is 9.43. The largest absolute Gasteiger partial charge is 0.497 e. The number of urea groups is 1. The predicted octanol–water partition coefficient (Wildman–Crippen LogP) is 4.33. The molecular weight excluding hydrogens is 500 g/mol. The number of rotatable bonds is 5. The summed E-state index contributed by atoms with van der Waals surface area (Å²) >= 11 is 3.44. The van der Waals surface area contributed by atoms with E-state index in [-0.39, 0.29) is 23.8 Å². The molecule has 2 aromatic rings. The highest BCUT2D eigenvalue weighted by Crippen LogP contribution is 2.27. The Balaban J connectivity index is 1.30. The number of nitrogens with one attached hydrogen (secondary N) is 2. The lowest BCUT2D eigenvalue weighted by atomic mass is 9.95. The van der Waals surface area contributed by atoms with Crippen LogP contribution in [0.25, 0.3) is 0 Å². The summed E-state index contributed by atoms with van der Waals surface area (Å²) in [6.07, 6.45) is 2.65. The molecule has 4 amide bonds. The molecule has 34 heavy (non-hydrogen) atoms. The summed E-state index contributed by atoms with van der Waals surface area (Å²) in [5.41, 5.74) is 1.40. The Morgan fingerprint density at radius 1 is 0.941 bits per heavy atom. The molecule has 0 unspecified atom stereocenters. The third-order valence-electron chi connectivity index (χ3n) is 6.45. The number of likely N-dealkylation sites (tertiary alicyclic amines) is 2. The number of amides is 4. The van der Waals surface area contributed by atoms with Crippen LogP contribution in [0.5, 0.6) is 5.75 Å². The van der Waals surface area contributed by atoms with Crippen molar-refractivity contribution in [3.8, 4) is 5.75 Å². The molecule has 0 aromatic heterocycles. The lowest BCUT2D eigenvalue weighted by molar-refractivity contribution is -0.138. The predicted molar refractivity (Wildman–Crippen MR) is 134 cm³/mol. The Hall–Kier alpha value is -3.07. The van der Waals surface area contributed by atoms with Gasteiger partial charge in [-0.3, -0.25) is 9.59 Å². The van der Waals surface area contributed by atoms with Crippen molar-refractivity contribution in [2.45, 2.75) is 31.7 Å². The van der Waals surface area contributed by atoms with Crippen molar-refractivity contribution in [1.29, 1.82) is 0 Å². The van der Waals surface area contributed by atoms with Gasteiger partial charge in [-0.25, -0.2) is 4.79 Å². The fourth-order valence-electron chi connectivity index (χ4n) is 4.51. The first-order chi connectivity index (χ1) is 16.5. The number of hydrogen-bond acceptors (Lipinski definition) is 4. The van der Waals surface area contributed by atoms with Gasteiger partial charge in [0.2, 0.25) is 11.8 Å². The normalized spacial score (nSPS) is 18.5. The van der Waals surface area contributed by atoms with E-state index in [4.69, 9.17) is 4.74 Å². The number of benzene rings is 2. The fourth-order valence-corrected chi connectivity index (χ4v) is 4.89. The van der Waals surface area contributed by atoms with Crippen molar-refractivity contribution in [1.82, 2.24) is 9.80 Å². The lowest BCUT2D eigenvalue weighted by Crippen LogP contribution is -2.51. The number of halogens is 1. The third kappa shape index (κ3) is 5.52. The zero-order chi connectivity index (χ0) is 24.1. The summed E-state index contributed by atoms with van der Waals surface area (Å²) in [5.74, 6) is 0.516. The fraction of sp³-hybridized carbons (Fsp3) is 0.400. The van der Waals surface area contributed by atoms with Crippen molar-refractivity contribution in [3.63, 3.8) is 0 Å². The topological polar surface area (TPSA) is 91.0 Å². The molecule has 2 saturated heterocycles. The van der Waals surface area contributed by atoms with Crippen molar-refractivity contribution in [2.24, 2.45) is 5.92 Å². The van der Waals surface area contributed by atoms with Crippen LogP contribution in [-0.2, 0) is 9.59 Å². The van der Waals surface area contributed by atoms with Crippen molar-refractivity contribution in [2.75, 3.05) is 37.4 Å². The molecule has 0 saturated carbocycles. The van der Waals surface area contributed by atoms with Gasteiger partial charge in [0, 0.05) is 35.7 Å². The molecule has 4 rings (SSSR count). The Morgan fingerprint density at radius 3 is 2.32 bits per heavy atom. The van der Waals surface area contributed by atoms with Gasteiger partial charge in [0.05, 0.1) is 12.8 Å². The van der Waals surface area contributed by atoms with E-state index >= 15 is 0 Å². The van der Waals surface area contributed by atoms with Gasteiger partial charge in [-0.05, 0) is 78.0 Å². The number of hydrogen-bond donors (Lipinski definition) is 2. The summed E-state index contributed by atoms with van der Waals surface area (Å²) in [6.45, 7) is 1.57. The zero-order valence-corrected chi connectivity index (χ0v) is 20.7. The van der Waals surface area contributed by atoms with Gasteiger partial charge in [0.15, 0.2) is 0 Å². The molecule has 180 valence electrons. The van der Waals surface area contributed by atoms with Gasteiger partial charge in [0.25, 0.3) is 0 Å². The van der Waals surface area contributed by atoms with E-state index in [2.05, 4.69) is 26.6 Å². The zero-order valence-electron chi connectivity index (χ0n) is 19.1. The maximum Gasteiger partial charge on any atom is 0.322 e. The number of piperidine rings is 1. The van der Waals surface area contributed by atoms with Gasteiger partial charge in [-0.2, -0.15) is 0 Å². The molecule has 9 heteroatoms. The maximum atomic E-state index is 13.2. The number of para-hydroxylation sites is 1. The van der Waals surface area contributed by atoms with Gasteiger partial charge in [-0.1, -0.05) is 12.1 Å².